The van der Waals surface area contributed by atoms with Gasteiger partial charge in [0.25, 0.3) is 0 Å². The number of rotatable bonds is 1. The van der Waals surface area contributed by atoms with Crippen LogP contribution in [0.3, 0.4) is 0 Å². The first-order valence-corrected chi connectivity index (χ1v) is 5.96. The average Bonchev–Trinajstić information content (AvgIpc) is 2.76. The van der Waals surface area contributed by atoms with E-state index in [1.54, 1.807) is 5.57 Å². The van der Waals surface area contributed by atoms with Gasteiger partial charge in [-0.05, 0) is 36.5 Å². The summed E-state index contributed by atoms with van der Waals surface area (Å²) in [5.41, 5.74) is 4.18. The maximum atomic E-state index is 4.18. The third kappa shape index (κ3) is 1.24. The molecular weight excluding hydrogens is 194 g/mol. The molecule has 2 saturated heterocycles. The van der Waals surface area contributed by atoms with Gasteiger partial charge in [-0.25, -0.2) is 0 Å². The van der Waals surface area contributed by atoms with Crippen molar-refractivity contribution in [2.75, 3.05) is 0 Å². The highest BCUT2D eigenvalue weighted by molar-refractivity contribution is 5.43. The van der Waals surface area contributed by atoms with Gasteiger partial charge in [0.1, 0.15) is 0 Å². The molecule has 1 nitrogen and oxygen atoms in total. The van der Waals surface area contributed by atoms with Crippen LogP contribution in [0, 0.1) is 0 Å². The molecular formula is C15H17N. The van der Waals surface area contributed by atoms with Crippen LogP contribution in [0.4, 0.5) is 0 Å². The van der Waals surface area contributed by atoms with E-state index in [0.29, 0.717) is 12.1 Å². The predicted octanol–water partition coefficient (Wildman–Crippen LogP) is 3.35. The summed E-state index contributed by atoms with van der Waals surface area (Å²) in [6, 6.07) is 1.23. The van der Waals surface area contributed by atoms with Crippen molar-refractivity contribution in [2.24, 2.45) is 0 Å². The van der Waals surface area contributed by atoms with E-state index in [4.69, 9.17) is 0 Å². The fourth-order valence-electron chi connectivity index (χ4n) is 3.20. The summed E-state index contributed by atoms with van der Waals surface area (Å²) in [5.74, 6) is 0. The summed E-state index contributed by atoms with van der Waals surface area (Å²) in [5, 5.41) is 0. The van der Waals surface area contributed by atoms with Gasteiger partial charge in [-0.1, -0.05) is 37.5 Å². The fraction of sp³-hybridized carbons (Fsp3) is 0.333. The molecule has 0 aromatic heterocycles. The maximum absolute atomic E-state index is 4.18. The van der Waals surface area contributed by atoms with E-state index >= 15 is 0 Å². The minimum Gasteiger partial charge on any atom is -0.361 e. The van der Waals surface area contributed by atoms with Crippen molar-refractivity contribution in [3.8, 4) is 0 Å². The van der Waals surface area contributed by atoms with Gasteiger partial charge in [-0.2, -0.15) is 0 Å². The van der Waals surface area contributed by atoms with E-state index < -0.39 is 0 Å². The zero-order valence-corrected chi connectivity index (χ0v) is 9.52. The second kappa shape index (κ2) is 3.51. The molecule has 2 heterocycles. The SMILES string of the molecule is C=C/C=C1\C(=C)CC2CC3=CC=CCC3N12. The van der Waals surface area contributed by atoms with Crippen LogP contribution in [0.25, 0.3) is 0 Å². The van der Waals surface area contributed by atoms with Gasteiger partial charge in [-0.15, -0.1) is 0 Å². The van der Waals surface area contributed by atoms with E-state index in [-0.39, 0.29) is 0 Å². The van der Waals surface area contributed by atoms with Crippen LogP contribution in [-0.4, -0.2) is 17.0 Å². The van der Waals surface area contributed by atoms with Gasteiger partial charge in [-0.3, -0.25) is 0 Å². The van der Waals surface area contributed by atoms with Crippen molar-refractivity contribution in [2.45, 2.75) is 31.3 Å². The molecule has 2 aliphatic heterocycles. The Morgan fingerprint density at radius 2 is 2.25 bits per heavy atom. The monoisotopic (exact) mass is 211 g/mol. The molecule has 0 bridgehead atoms. The smallest absolute Gasteiger partial charge is 0.0544 e. The first-order valence-electron chi connectivity index (χ1n) is 5.96. The van der Waals surface area contributed by atoms with Crippen LogP contribution in [-0.2, 0) is 0 Å². The molecule has 0 spiro atoms. The number of hydrogen-bond donors (Lipinski definition) is 0. The Kier molecular flexibility index (Phi) is 2.13. The molecule has 0 aromatic carbocycles. The lowest BCUT2D eigenvalue weighted by atomic mass is 9.96. The van der Waals surface area contributed by atoms with Crippen LogP contribution in [0.2, 0.25) is 0 Å². The summed E-state index contributed by atoms with van der Waals surface area (Å²) in [7, 11) is 0. The molecule has 2 fully saturated rings. The Morgan fingerprint density at radius 1 is 1.38 bits per heavy atom. The molecule has 3 aliphatic rings. The van der Waals surface area contributed by atoms with Crippen molar-refractivity contribution < 1.29 is 0 Å². The highest BCUT2D eigenvalue weighted by Crippen LogP contribution is 2.45. The standard InChI is InChI=1S/C15H17N/c1-3-6-14-11(2)9-13-10-12-7-4-5-8-15(12)16(13)14/h3-7,13,15H,1-2,8-10H2/b14-6+. The summed E-state index contributed by atoms with van der Waals surface area (Å²) >= 11 is 0. The Bertz CT molecular complexity index is 436. The molecule has 0 radical (unpaired) electrons. The summed E-state index contributed by atoms with van der Waals surface area (Å²) in [6.07, 6.45) is 14.2. The molecule has 2 atom stereocenters. The van der Waals surface area contributed by atoms with E-state index in [0.717, 1.165) is 12.8 Å². The second-order valence-electron chi connectivity index (χ2n) is 4.78. The third-order valence-corrected chi connectivity index (χ3v) is 3.83. The lowest BCUT2D eigenvalue weighted by Crippen LogP contribution is -2.30. The Labute approximate surface area is 97.1 Å². The Morgan fingerprint density at radius 3 is 3.06 bits per heavy atom. The molecule has 0 saturated carbocycles. The number of allylic oxidation sites excluding steroid dienone is 5. The van der Waals surface area contributed by atoms with Crippen LogP contribution in [0.5, 0.6) is 0 Å². The van der Waals surface area contributed by atoms with Crippen molar-refractivity contribution in [1.29, 1.82) is 0 Å². The molecule has 2 unspecified atom stereocenters. The van der Waals surface area contributed by atoms with Crippen molar-refractivity contribution >= 4 is 0 Å². The number of nitrogens with zero attached hydrogens (tertiary/aromatic N) is 1. The minimum absolute atomic E-state index is 0.584. The van der Waals surface area contributed by atoms with Crippen LogP contribution < -0.4 is 0 Å². The maximum Gasteiger partial charge on any atom is 0.0544 e. The average molecular weight is 211 g/mol. The first-order chi connectivity index (χ1) is 7.81. The van der Waals surface area contributed by atoms with Crippen LogP contribution in [0.1, 0.15) is 19.3 Å². The van der Waals surface area contributed by atoms with E-state index in [9.17, 15) is 0 Å². The van der Waals surface area contributed by atoms with Crippen LogP contribution >= 0.6 is 0 Å². The van der Waals surface area contributed by atoms with Gasteiger partial charge in [0.15, 0.2) is 0 Å². The van der Waals surface area contributed by atoms with E-state index in [1.165, 1.54) is 17.7 Å². The largest absolute Gasteiger partial charge is 0.361 e. The summed E-state index contributed by atoms with van der Waals surface area (Å²) < 4.78 is 0. The lowest BCUT2D eigenvalue weighted by Gasteiger charge is -2.28. The highest BCUT2D eigenvalue weighted by atomic mass is 15.2. The molecule has 3 rings (SSSR count). The van der Waals surface area contributed by atoms with Gasteiger partial charge in [0.05, 0.1) is 6.04 Å². The van der Waals surface area contributed by atoms with Gasteiger partial charge in [0.2, 0.25) is 0 Å². The molecule has 1 aliphatic carbocycles. The molecule has 0 N–H and O–H groups in total. The number of fused-ring (bicyclic) bond motifs is 3. The predicted molar refractivity (Wildman–Crippen MR) is 67.9 cm³/mol. The summed E-state index contributed by atoms with van der Waals surface area (Å²) in [4.78, 5) is 2.55. The molecule has 1 heteroatoms. The fourth-order valence-corrected chi connectivity index (χ4v) is 3.20. The molecule has 0 aromatic rings. The highest BCUT2D eigenvalue weighted by Gasteiger charge is 2.42. The van der Waals surface area contributed by atoms with Crippen molar-refractivity contribution in [1.82, 2.24) is 4.90 Å². The van der Waals surface area contributed by atoms with Crippen molar-refractivity contribution in [3.63, 3.8) is 0 Å². The second-order valence-corrected chi connectivity index (χ2v) is 4.78. The normalized spacial score (nSPS) is 34.0. The molecule has 0 amide bonds. The third-order valence-electron chi connectivity index (χ3n) is 3.83. The topological polar surface area (TPSA) is 3.24 Å². The zero-order chi connectivity index (χ0) is 11.1. The van der Waals surface area contributed by atoms with Gasteiger partial charge >= 0.3 is 0 Å². The van der Waals surface area contributed by atoms with E-state index in [1.807, 2.05) is 6.08 Å². The van der Waals surface area contributed by atoms with Crippen molar-refractivity contribution in [3.05, 3.63) is 60.4 Å². The Balaban J connectivity index is 1.99. The first kappa shape index (κ1) is 9.71. The molecule has 82 valence electrons. The van der Waals surface area contributed by atoms with Crippen LogP contribution in [0.15, 0.2) is 60.4 Å². The van der Waals surface area contributed by atoms with Gasteiger partial charge < -0.3 is 4.90 Å². The minimum atomic E-state index is 0.584. The quantitative estimate of drug-likeness (QED) is 0.643. The zero-order valence-electron chi connectivity index (χ0n) is 9.52. The lowest BCUT2D eigenvalue weighted by molar-refractivity contribution is 0.300. The van der Waals surface area contributed by atoms with Gasteiger partial charge in [0, 0.05) is 11.7 Å². The summed E-state index contributed by atoms with van der Waals surface area (Å²) in [6.45, 7) is 7.98. The number of hydrogen-bond acceptors (Lipinski definition) is 1. The van der Waals surface area contributed by atoms with E-state index in [2.05, 4.69) is 42.4 Å². The Hall–Kier alpha value is -1.50. The molecule has 16 heavy (non-hydrogen) atoms.